The van der Waals surface area contributed by atoms with E-state index in [2.05, 4.69) is 0 Å². The van der Waals surface area contributed by atoms with E-state index in [1.54, 1.807) is 18.2 Å². The molecule has 1 saturated carbocycles. The van der Waals surface area contributed by atoms with Gasteiger partial charge in [-0.15, -0.1) is 0 Å². The second kappa shape index (κ2) is 6.15. The summed E-state index contributed by atoms with van der Waals surface area (Å²) >= 11 is 5.93. The van der Waals surface area contributed by atoms with E-state index in [-0.39, 0.29) is 0 Å². The second-order valence-electron chi connectivity index (χ2n) is 4.85. The third-order valence-electron chi connectivity index (χ3n) is 3.42. The summed E-state index contributed by atoms with van der Waals surface area (Å²) in [5.74, 6) is 1.40. The molecule has 0 spiro atoms. The predicted octanol–water partition coefficient (Wildman–Crippen LogP) is 4.27. The molecule has 1 aliphatic rings. The molecule has 2 rings (SSSR count). The highest BCUT2D eigenvalue weighted by molar-refractivity contribution is 6.30. The molecule has 0 unspecified atom stereocenters. The number of halogens is 1. The molecule has 3 heteroatoms. The highest BCUT2D eigenvalue weighted by Crippen LogP contribution is 2.28. The average Bonchev–Trinajstić information content (AvgIpc) is 2.59. The normalized spacial score (nSPS) is 17.7. The third-order valence-corrected chi connectivity index (χ3v) is 3.66. The molecule has 0 saturated heterocycles. The van der Waals surface area contributed by atoms with Crippen molar-refractivity contribution in [3.63, 3.8) is 0 Å². The molecule has 0 bridgehead atoms. The minimum Gasteiger partial charge on any atom is -0.491 e. The Labute approximate surface area is 108 Å². The lowest BCUT2D eigenvalue weighted by molar-refractivity contribution is 0.235. The lowest BCUT2D eigenvalue weighted by Gasteiger charge is -2.16. The summed E-state index contributed by atoms with van der Waals surface area (Å²) in [6, 6.07) is 5.38. The molecule has 17 heavy (non-hydrogen) atoms. The first-order valence-electron chi connectivity index (χ1n) is 6.43. The predicted molar refractivity (Wildman–Crippen MR) is 72.6 cm³/mol. The highest BCUT2D eigenvalue weighted by Gasteiger charge is 2.13. The first-order chi connectivity index (χ1) is 8.25. The van der Waals surface area contributed by atoms with Crippen molar-refractivity contribution in [2.24, 2.45) is 5.92 Å². The van der Waals surface area contributed by atoms with Crippen molar-refractivity contribution in [3.8, 4) is 5.75 Å². The van der Waals surface area contributed by atoms with Crippen LogP contribution in [0.3, 0.4) is 0 Å². The van der Waals surface area contributed by atoms with E-state index in [0.29, 0.717) is 16.6 Å². The van der Waals surface area contributed by atoms with Gasteiger partial charge in [-0.3, -0.25) is 0 Å². The van der Waals surface area contributed by atoms with Gasteiger partial charge in [0, 0.05) is 11.1 Å². The molecule has 0 atom stereocenters. The SMILES string of the molecule is Nc1ccc(Cl)cc1OCC1CCCCCC1. The zero-order valence-corrected chi connectivity index (χ0v) is 10.9. The van der Waals surface area contributed by atoms with Crippen LogP contribution in [-0.4, -0.2) is 6.61 Å². The van der Waals surface area contributed by atoms with Crippen LogP contribution in [0, 0.1) is 5.92 Å². The number of nitrogens with two attached hydrogens (primary N) is 1. The van der Waals surface area contributed by atoms with Crippen LogP contribution in [0.15, 0.2) is 18.2 Å². The molecule has 0 amide bonds. The van der Waals surface area contributed by atoms with Crippen LogP contribution in [0.2, 0.25) is 5.02 Å². The quantitative estimate of drug-likeness (QED) is 0.645. The van der Waals surface area contributed by atoms with Crippen molar-refractivity contribution in [2.45, 2.75) is 38.5 Å². The van der Waals surface area contributed by atoms with Gasteiger partial charge in [0.25, 0.3) is 0 Å². The van der Waals surface area contributed by atoms with E-state index >= 15 is 0 Å². The zero-order valence-electron chi connectivity index (χ0n) is 10.1. The average molecular weight is 254 g/mol. The number of anilines is 1. The van der Waals surface area contributed by atoms with E-state index in [1.807, 2.05) is 0 Å². The summed E-state index contributed by atoms with van der Waals surface area (Å²) in [7, 11) is 0. The van der Waals surface area contributed by atoms with Gasteiger partial charge in [0.2, 0.25) is 0 Å². The van der Waals surface area contributed by atoms with Crippen LogP contribution in [0.4, 0.5) is 5.69 Å². The fourth-order valence-electron chi connectivity index (χ4n) is 2.37. The first kappa shape index (κ1) is 12.6. The van der Waals surface area contributed by atoms with Crippen LogP contribution >= 0.6 is 11.6 Å². The Bertz CT molecular complexity index is 359. The summed E-state index contributed by atoms with van der Waals surface area (Å²) in [4.78, 5) is 0. The fraction of sp³-hybridized carbons (Fsp3) is 0.571. The largest absolute Gasteiger partial charge is 0.491 e. The summed E-state index contributed by atoms with van der Waals surface area (Å²) in [5, 5.41) is 0.676. The van der Waals surface area contributed by atoms with Crippen LogP contribution in [0.1, 0.15) is 38.5 Å². The van der Waals surface area contributed by atoms with E-state index in [1.165, 1.54) is 38.5 Å². The number of hydrogen-bond donors (Lipinski definition) is 1. The van der Waals surface area contributed by atoms with E-state index < -0.39 is 0 Å². The summed E-state index contributed by atoms with van der Waals surface area (Å²) in [6.45, 7) is 0.768. The topological polar surface area (TPSA) is 35.2 Å². The molecule has 1 aromatic carbocycles. The number of ether oxygens (including phenoxy) is 1. The molecule has 1 aliphatic carbocycles. The van der Waals surface area contributed by atoms with E-state index in [9.17, 15) is 0 Å². The van der Waals surface area contributed by atoms with Gasteiger partial charge in [0.15, 0.2) is 0 Å². The Morgan fingerprint density at radius 2 is 1.88 bits per heavy atom. The monoisotopic (exact) mass is 253 g/mol. The lowest BCUT2D eigenvalue weighted by atomic mass is 10.0. The van der Waals surface area contributed by atoms with Gasteiger partial charge in [-0.25, -0.2) is 0 Å². The maximum atomic E-state index is 5.93. The minimum atomic E-state index is 0.669. The maximum Gasteiger partial charge on any atom is 0.143 e. The Morgan fingerprint density at radius 3 is 2.59 bits per heavy atom. The number of rotatable bonds is 3. The van der Waals surface area contributed by atoms with Gasteiger partial charge in [-0.1, -0.05) is 37.3 Å². The smallest absolute Gasteiger partial charge is 0.143 e. The third kappa shape index (κ3) is 3.81. The molecule has 0 heterocycles. The van der Waals surface area contributed by atoms with Crippen molar-refractivity contribution in [1.29, 1.82) is 0 Å². The highest BCUT2D eigenvalue weighted by atomic mass is 35.5. The van der Waals surface area contributed by atoms with Crippen molar-refractivity contribution in [1.82, 2.24) is 0 Å². The molecule has 94 valence electrons. The van der Waals surface area contributed by atoms with Gasteiger partial charge in [0.1, 0.15) is 5.75 Å². The zero-order chi connectivity index (χ0) is 12.1. The van der Waals surface area contributed by atoms with E-state index in [4.69, 9.17) is 22.1 Å². The van der Waals surface area contributed by atoms with Gasteiger partial charge >= 0.3 is 0 Å². The van der Waals surface area contributed by atoms with Gasteiger partial charge in [-0.2, -0.15) is 0 Å². The van der Waals surface area contributed by atoms with Crippen LogP contribution in [0.25, 0.3) is 0 Å². The van der Waals surface area contributed by atoms with Gasteiger partial charge < -0.3 is 10.5 Å². The first-order valence-corrected chi connectivity index (χ1v) is 6.81. The lowest BCUT2D eigenvalue weighted by Crippen LogP contribution is -2.12. The molecule has 2 nitrogen and oxygen atoms in total. The summed E-state index contributed by atoms with van der Waals surface area (Å²) in [6.07, 6.45) is 7.96. The number of hydrogen-bond acceptors (Lipinski definition) is 2. The molecule has 0 radical (unpaired) electrons. The molecule has 1 aromatic rings. The van der Waals surface area contributed by atoms with Crippen LogP contribution < -0.4 is 10.5 Å². The molecule has 1 fully saturated rings. The van der Waals surface area contributed by atoms with Crippen molar-refractivity contribution in [2.75, 3.05) is 12.3 Å². The van der Waals surface area contributed by atoms with Crippen molar-refractivity contribution >= 4 is 17.3 Å². The molecular weight excluding hydrogens is 234 g/mol. The number of benzene rings is 1. The second-order valence-corrected chi connectivity index (χ2v) is 5.29. The number of nitrogen functional groups attached to an aromatic ring is 1. The van der Waals surface area contributed by atoms with Crippen LogP contribution in [0.5, 0.6) is 5.75 Å². The minimum absolute atomic E-state index is 0.669. The molecule has 2 N–H and O–H groups in total. The Hall–Kier alpha value is -0.890. The Balaban J connectivity index is 1.89. The molecular formula is C14H20ClNO. The van der Waals surface area contributed by atoms with Crippen molar-refractivity contribution < 1.29 is 4.74 Å². The molecule has 0 aliphatic heterocycles. The summed E-state index contributed by atoms with van der Waals surface area (Å²) < 4.78 is 5.80. The Morgan fingerprint density at radius 1 is 1.18 bits per heavy atom. The standard InChI is InChI=1S/C14H20ClNO/c15-12-7-8-13(16)14(9-12)17-10-11-5-3-1-2-4-6-11/h7-9,11H,1-6,10,16H2. The maximum absolute atomic E-state index is 5.93. The summed E-state index contributed by atoms with van der Waals surface area (Å²) in [5.41, 5.74) is 6.52. The van der Waals surface area contributed by atoms with E-state index in [0.717, 1.165) is 12.4 Å². The van der Waals surface area contributed by atoms with Gasteiger partial charge in [0.05, 0.1) is 12.3 Å². The Kier molecular flexibility index (Phi) is 4.55. The van der Waals surface area contributed by atoms with Gasteiger partial charge in [-0.05, 0) is 30.9 Å². The van der Waals surface area contributed by atoms with Crippen LogP contribution in [-0.2, 0) is 0 Å². The van der Waals surface area contributed by atoms with Crippen molar-refractivity contribution in [3.05, 3.63) is 23.2 Å². The fourth-order valence-corrected chi connectivity index (χ4v) is 2.53. The molecule has 0 aromatic heterocycles.